The van der Waals surface area contributed by atoms with Gasteiger partial charge in [0.05, 0.1) is 17.7 Å². The zero-order valence-corrected chi connectivity index (χ0v) is 39.0. The number of esters is 2. The molecule has 0 saturated heterocycles. The van der Waals surface area contributed by atoms with Crippen molar-refractivity contribution in [2.75, 3.05) is 10.2 Å². The number of guanidine groups is 1. The Bertz CT molecular complexity index is 2310. The molecule has 4 rings (SSSR count). The Morgan fingerprint density at radius 2 is 1.25 bits per heavy atom. The number of benzene rings is 4. The van der Waals surface area contributed by atoms with Crippen molar-refractivity contribution in [3.8, 4) is 5.75 Å². The number of aliphatic imine (C=N–C) groups is 1. The Labute approximate surface area is 375 Å². The normalized spacial score (nSPS) is 12.2. The Morgan fingerprint density at radius 1 is 0.667 bits per heavy atom. The molecule has 0 fully saturated rings. The lowest BCUT2D eigenvalue weighted by atomic mass is 9.86. The fourth-order valence-corrected chi connectivity index (χ4v) is 6.05. The number of rotatable bonds is 10. The van der Waals surface area contributed by atoms with Crippen molar-refractivity contribution in [3.63, 3.8) is 0 Å². The van der Waals surface area contributed by atoms with Gasteiger partial charge >= 0.3 is 24.1 Å². The average molecular weight is 883 g/mol. The topological polar surface area (TPSA) is 162 Å². The molecular formula is C49H59ClN4O9. The molecule has 0 aliphatic rings. The third kappa shape index (κ3) is 16.5. The highest BCUT2D eigenvalue weighted by Gasteiger charge is 2.24. The summed E-state index contributed by atoms with van der Waals surface area (Å²) in [6.07, 6.45) is -1.38. The van der Waals surface area contributed by atoms with E-state index in [2.05, 4.69) is 48.5 Å². The predicted molar refractivity (Wildman–Crippen MR) is 246 cm³/mol. The smallest absolute Gasteiger partial charge is 0.437 e. The molecule has 0 aliphatic heterocycles. The molecule has 0 saturated carbocycles. The molecule has 0 aliphatic carbocycles. The van der Waals surface area contributed by atoms with Crippen molar-refractivity contribution in [1.29, 1.82) is 0 Å². The van der Waals surface area contributed by atoms with Crippen LogP contribution < -0.4 is 20.3 Å². The van der Waals surface area contributed by atoms with E-state index in [9.17, 15) is 24.0 Å². The van der Waals surface area contributed by atoms with E-state index in [1.807, 2.05) is 12.1 Å². The van der Waals surface area contributed by atoms with Crippen LogP contribution in [0.5, 0.6) is 5.75 Å². The van der Waals surface area contributed by atoms with Gasteiger partial charge in [-0.25, -0.2) is 19.2 Å². The van der Waals surface area contributed by atoms with Gasteiger partial charge in [-0.1, -0.05) is 62.7 Å². The quantitative estimate of drug-likeness (QED) is 0.0515. The van der Waals surface area contributed by atoms with E-state index in [0.717, 1.165) is 11.1 Å². The molecule has 63 heavy (non-hydrogen) atoms. The number of halogens is 1. The van der Waals surface area contributed by atoms with Gasteiger partial charge in [0.15, 0.2) is 0 Å². The first kappa shape index (κ1) is 49.4. The lowest BCUT2D eigenvalue weighted by Gasteiger charge is -2.25. The molecule has 4 aromatic rings. The summed E-state index contributed by atoms with van der Waals surface area (Å²) in [5, 5.41) is 5.56. The van der Waals surface area contributed by atoms with E-state index in [-0.39, 0.29) is 35.0 Å². The van der Waals surface area contributed by atoms with E-state index >= 15 is 0 Å². The minimum atomic E-state index is -0.944. The largest absolute Gasteiger partial charge is 0.456 e. The van der Waals surface area contributed by atoms with Gasteiger partial charge < -0.3 is 29.2 Å². The Morgan fingerprint density at radius 3 is 1.83 bits per heavy atom. The first-order valence-electron chi connectivity index (χ1n) is 20.6. The van der Waals surface area contributed by atoms with Gasteiger partial charge in [-0.2, -0.15) is 0 Å². The first-order chi connectivity index (χ1) is 29.1. The number of hydrogen-bond acceptors (Lipinski definition) is 9. The summed E-state index contributed by atoms with van der Waals surface area (Å²) >= 11 is 6.68. The highest BCUT2D eigenvalue weighted by Crippen LogP contribution is 2.28. The third-order valence-corrected chi connectivity index (χ3v) is 9.04. The standard InChI is InChI=1S/C49H59ClN4O9/c1-46(2,3)35-15-13-14-31(28-35)30-54(37-24-18-34(19-25-37)42(57)61-47(4,5)6)40(55)27-21-32-20-26-38(29-39(32)50)60-41(56)33-16-22-36(23-17-33)51-43(52-44(58)62-48(7,8)9)53-45(59)63-49(10,11)12/h13-20,22-26,28-29H,21,27,30H2,1-12H3,(H2,51,52,53,58,59). The van der Waals surface area contributed by atoms with Crippen molar-refractivity contribution >= 4 is 59.0 Å². The number of alkyl carbamates (subject to hydrolysis) is 1. The lowest BCUT2D eigenvalue weighted by molar-refractivity contribution is -0.118. The lowest BCUT2D eigenvalue weighted by Crippen LogP contribution is -2.40. The maximum absolute atomic E-state index is 14.0. The van der Waals surface area contributed by atoms with Crippen LogP contribution in [0.4, 0.5) is 21.0 Å². The van der Waals surface area contributed by atoms with Gasteiger partial charge in [0, 0.05) is 22.8 Å². The van der Waals surface area contributed by atoms with Crippen molar-refractivity contribution in [3.05, 3.63) is 124 Å². The molecule has 2 N–H and O–H groups in total. The molecule has 0 spiro atoms. The minimum absolute atomic E-state index is 0.0888. The number of amides is 3. The van der Waals surface area contributed by atoms with Crippen molar-refractivity contribution in [1.82, 2.24) is 5.32 Å². The summed E-state index contributed by atoms with van der Waals surface area (Å²) in [5.74, 6) is -1.33. The number of nitrogens with one attached hydrogen (secondary N) is 2. The van der Waals surface area contributed by atoms with Gasteiger partial charge in [-0.3, -0.25) is 10.1 Å². The number of anilines is 2. The van der Waals surface area contributed by atoms with Crippen LogP contribution in [0.2, 0.25) is 5.02 Å². The van der Waals surface area contributed by atoms with Crippen molar-refractivity contribution in [2.45, 2.75) is 125 Å². The van der Waals surface area contributed by atoms with Crippen LogP contribution in [-0.4, -0.2) is 52.8 Å². The molecule has 0 atom stereocenters. The number of aryl methyl sites for hydroxylation is 1. The minimum Gasteiger partial charge on any atom is -0.456 e. The maximum Gasteiger partial charge on any atom is 0.437 e. The molecule has 0 unspecified atom stereocenters. The Hall–Kier alpha value is -6.21. The Balaban J connectivity index is 1.45. The highest BCUT2D eigenvalue weighted by atomic mass is 35.5. The van der Waals surface area contributed by atoms with Gasteiger partial charge in [0.2, 0.25) is 11.9 Å². The van der Waals surface area contributed by atoms with Gasteiger partial charge in [0.1, 0.15) is 22.6 Å². The van der Waals surface area contributed by atoms with E-state index in [1.54, 1.807) is 104 Å². The number of carbonyl (C=O) groups excluding carboxylic acids is 5. The van der Waals surface area contributed by atoms with Crippen LogP contribution in [0.1, 0.15) is 127 Å². The summed E-state index contributed by atoms with van der Waals surface area (Å²) < 4.78 is 21.7. The molecule has 4 aromatic carbocycles. The van der Waals surface area contributed by atoms with Crippen molar-refractivity contribution < 1.29 is 42.9 Å². The second kappa shape index (κ2) is 20.3. The van der Waals surface area contributed by atoms with Crippen LogP contribution in [0.15, 0.2) is 96.0 Å². The summed E-state index contributed by atoms with van der Waals surface area (Å²) in [5.41, 5.74) is 1.97. The maximum atomic E-state index is 14.0. The SMILES string of the molecule is CC(C)(C)OC(=O)/N=C(/NC(=O)OC(C)(C)C)Nc1ccc(C(=O)Oc2ccc(CCC(=O)N(Cc3cccc(C(C)(C)C)c3)c3ccc(C(=O)OC(C)(C)C)cc3)c(Cl)c2)cc1. The average Bonchev–Trinajstić information content (AvgIpc) is 3.14. The summed E-state index contributed by atoms with van der Waals surface area (Å²) in [6.45, 7) is 22.2. The molecule has 14 heteroatoms. The molecule has 13 nitrogen and oxygen atoms in total. The monoisotopic (exact) mass is 882 g/mol. The van der Waals surface area contributed by atoms with E-state index in [0.29, 0.717) is 40.5 Å². The van der Waals surface area contributed by atoms with Gasteiger partial charge in [-0.15, -0.1) is 4.99 Å². The van der Waals surface area contributed by atoms with Crippen LogP contribution in [0, 0.1) is 0 Å². The van der Waals surface area contributed by atoms with Crippen LogP contribution in [0.3, 0.4) is 0 Å². The van der Waals surface area contributed by atoms with Crippen LogP contribution >= 0.6 is 11.6 Å². The van der Waals surface area contributed by atoms with E-state index in [1.165, 1.54) is 30.3 Å². The van der Waals surface area contributed by atoms with Gasteiger partial charge in [0.25, 0.3) is 0 Å². The number of nitrogens with zero attached hydrogens (tertiary/aromatic N) is 2. The fourth-order valence-electron chi connectivity index (χ4n) is 5.78. The summed E-state index contributed by atoms with van der Waals surface area (Å²) in [6, 6.07) is 25.8. The van der Waals surface area contributed by atoms with E-state index in [4.69, 9.17) is 30.5 Å². The van der Waals surface area contributed by atoms with E-state index < -0.39 is 40.9 Å². The highest BCUT2D eigenvalue weighted by molar-refractivity contribution is 6.31. The number of hydrogen-bond donors (Lipinski definition) is 2. The second-order valence-corrected chi connectivity index (χ2v) is 19.3. The zero-order valence-electron chi connectivity index (χ0n) is 38.2. The fraction of sp³-hybridized carbons (Fsp3) is 0.388. The Kier molecular flexibility index (Phi) is 15.9. The van der Waals surface area contributed by atoms with Gasteiger partial charge in [-0.05, 0) is 152 Å². The third-order valence-electron chi connectivity index (χ3n) is 8.69. The first-order valence-corrected chi connectivity index (χ1v) is 20.9. The molecule has 0 heterocycles. The molecule has 3 amide bonds. The van der Waals surface area contributed by atoms with Crippen LogP contribution in [-0.2, 0) is 37.4 Å². The second-order valence-electron chi connectivity index (χ2n) is 18.9. The predicted octanol–water partition coefficient (Wildman–Crippen LogP) is 11.2. The molecule has 0 bridgehead atoms. The molecule has 0 radical (unpaired) electrons. The molecule has 0 aromatic heterocycles. The van der Waals surface area contributed by atoms with Crippen molar-refractivity contribution in [2.24, 2.45) is 4.99 Å². The summed E-state index contributed by atoms with van der Waals surface area (Å²) in [7, 11) is 0. The molecule has 336 valence electrons. The number of ether oxygens (including phenoxy) is 4. The molecular weight excluding hydrogens is 824 g/mol. The zero-order chi connectivity index (χ0) is 46.9. The summed E-state index contributed by atoms with van der Waals surface area (Å²) in [4.78, 5) is 70.4. The van der Waals surface area contributed by atoms with Crippen LogP contribution in [0.25, 0.3) is 0 Å². The number of carbonyl (C=O) groups is 5.